The number of furan rings is 1. The summed E-state index contributed by atoms with van der Waals surface area (Å²) in [7, 11) is 0. The Labute approximate surface area is 329 Å². The van der Waals surface area contributed by atoms with Gasteiger partial charge in [-0.25, -0.2) is 9.97 Å². The first-order chi connectivity index (χ1) is 27.7. The molecule has 5 nitrogen and oxygen atoms in total. The Bertz CT molecular complexity index is 2920. The summed E-state index contributed by atoms with van der Waals surface area (Å²) >= 11 is 1.85. The lowest BCUT2D eigenvalue weighted by atomic mass is 9.93. The fourth-order valence-corrected chi connectivity index (χ4v) is 9.53. The van der Waals surface area contributed by atoms with E-state index < -0.39 is 0 Å². The van der Waals surface area contributed by atoms with Gasteiger partial charge in [-0.3, -0.25) is 0 Å². The van der Waals surface area contributed by atoms with Crippen LogP contribution >= 0.6 is 11.3 Å². The van der Waals surface area contributed by atoms with Gasteiger partial charge in [0, 0.05) is 51.7 Å². The third-order valence-electron chi connectivity index (χ3n) is 11.4. The van der Waals surface area contributed by atoms with E-state index in [-0.39, 0.29) is 0 Å². The number of anilines is 1. The Morgan fingerprint density at radius 2 is 1.52 bits per heavy atom. The lowest BCUT2D eigenvalue weighted by Gasteiger charge is -2.32. The molecule has 1 atom stereocenters. The van der Waals surface area contributed by atoms with E-state index >= 15 is 0 Å². The van der Waals surface area contributed by atoms with E-state index in [2.05, 4.69) is 149 Å². The smallest absolute Gasteiger partial charge is 0.137 e. The normalized spacial score (nSPS) is 16.6. The predicted octanol–water partition coefficient (Wildman–Crippen LogP) is 13.2. The first-order valence-corrected chi connectivity index (χ1v) is 20.3. The van der Waals surface area contributed by atoms with E-state index in [1.54, 1.807) is 0 Å². The summed E-state index contributed by atoms with van der Waals surface area (Å²) < 4.78 is 8.37. The van der Waals surface area contributed by atoms with Gasteiger partial charge in [0.1, 0.15) is 21.8 Å². The van der Waals surface area contributed by atoms with Crippen molar-refractivity contribution in [2.24, 2.45) is 0 Å². The number of allylic oxidation sites excluding steroid dienone is 8. The molecule has 6 heteroatoms. The molecule has 0 saturated heterocycles. The fraction of sp³-hybridized carbons (Fsp3) is 0.120. The Balaban J connectivity index is 0.926. The molecule has 0 saturated carbocycles. The van der Waals surface area contributed by atoms with E-state index in [9.17, 15) is 0 Å². The summed E-state index contributed by atoms with van der Waals surface area (Å²) in [5.41, 5.74) is 14.7. The molecule has 8 aromatic rings. The predicted molar refractivity (Wildman–Crippen MR) is 232 cm³/mol. The number of rotatable bonds is 7. The molecule has 0 spiro atoms. The maximum atomic E-state index is 6.30. The van der Waals surface area contributed by atoms with Crippen molar-refractivity contribution in [2.45, 2.75) is 38.0 Å². The average molecular weight is 743 g/mol. The molecule has 11 rings (SSSR count). The van der Waals surface area contributed by atoms with Crippen LogP contribution in [0.25, 0.3) is 61.6 Å². The summed E-state index contributed by atoms with van der Waals surface area (Å²) in [6.07, 6.45) is 25.3. The number of benzene rings is 4. The second-order valence-electron chi connectivity index (χ2n) is 14.8. The molecule has 0 bridgehead atoms. The largest absolute Gasteiger partial charge is 0.456 e. The first-order valence-electron chi connectivity index (χ1n) is 19.5. The number of pyridine rings is 1. The summed E-state index contributed by atoms with van der Waals surface area (Å²) in [4.78, 5) is 13.7. The van der Waals surface area contributed by atoms with Gasteiger partial charge in [0.25, 0.3) is 0 Å². The van der Waals surface area contributed by atoms with E-state index in [1.807, 2.05) is 35.7 Å². The molecule has 0 radical (unpaired) electrons. The highest BCUT2D eigenvalue weighted by atomic mass is 32.1. The zero-order chi connectivity index (χ0) is 37.0. The van der Waals surface area contributed by atoms with Gasteiger partial charge >= 0.3 is 0 Å². The Kier molecular flexibility index (Phi) is 8.02. The van der Waals surface area contributed by atoms with Crippen molar-refractivity contribution in [3.63, 3.8) is 0 Å². The number of nitrogens with zero attached hydrogens (tertiary/aromatic N) is 4. The Morgan fingerprint density at radius 3 is 2.29 bits per heavy atom. The quantitative estimate of drug-likeness (QED) is 0.163. The Morgan fingerprint density at radius 1 is 0.714 bits per heavy atom. The van der Waals surface area contributed by atoms with Crippen LogP contribution in [0, 0.1) is 0 Å². The molecule has 270 valence electrons. The SMILES string of the molecule is C1=Cc2sc([C@H]3C=CC(N(C4=CC=C(c5ccc6oc7ccc(-c8ccccc8)cc7c6c5)CC4)c4ccc(-c5cn6ccccc6n5)cc4)=CC3)nc2CC1. The van der Waals surface area contributed by atoms with Crippen LogP contribution in [0.1, 0.15) is 52.7 Å². The zero-order valence-corrected chi connectivity index (χ0v) is 31.6. The molecule has 0 amide bonds. The van der Waals surface area contributed by atoms with E-state index in [1.165, 1.54) is 49.2 Å². The minimum Gasteiger partial charge on any atom is -0.456 e. The first kappa shape index (κ1) is 32.9. The molecule has 3 aliphatic rings. The monoisotopic (exact) mass is 742 g/mol. The third kappa shape index (κ3) is 5.94. The lowest BCUT2D eigenvalue weighted by molar-refractivity contribution is 0.669. The highest BCUT2D eigenvalue weighted by Gasteiger charge is 2.24. The van der Waals surface area contributed by atoms with Crippen molar-refractivity contribution in [3.05, 3.63) is 191 Å². The molecule has 4 aromatic carbocycles. The maximum absolute atomic E-state index is 6.30. The van der Waals surface area contributed by atoms with Crippen molar-refractivity contribution in [2.75, 3.05) is 4.90 Å². The van der Waals surface area contributed by atoms with Crippen LogP contribution in [-0.4, -0.2) is 14.4 Å². The lowest BCUT2D eigenvalue weighted by Crippen LogP contribution is -2.23. The summed E-state index contributed by atoms with van der Waals surface area (Å²) in [5.74, 6) is 0.298. The standard InChI is InChI=1S/C50H38N4OS/c1-2-8-33(9-3-1)37-19-27-46-42(30-37)43-31-38(20-28-47(43)55-46)34-13-21-39(22-14-34)54(40-23-15-35(16-24-40)45-32-53-29-7-6-12-49(53)51-45)41-25-17-36(18-26-41)50-52-44-10-4-5-11-48(44)56-50/h1-3,5-9,11-13,15-17,19-21,23-32,36H,4,10,14,18,22H2/t36-/m0/s1. The average Bonchev–Trinajstić information content (AvgIpc) is 4.00. The molecule has 0 N–H and O–H groups in total. The fourth-order valence-electron chi connectivity index (χ4n) is 8.39. The molecule has 4 heterocycles. The van der Waals surface area contributed by atoms with Crippen molar-refractivity contribution in [1.82, 2.24) is 14.4 Å². The van der Waals surface area contributed by atoms with E-state index in [0.717, 1.165) is 76.6 Å². The number of imidazole rings is 1. The van der Waals surface area contributed by atoms with Crippen molar-refractivity contribution in [1.29, 1.82) is 0 Å². The van der Waals surface area contributed by atoms with E-state index in [4.69, 9.17) is 14.4 Å². The van der Waals surface area contributed by atoms with Crippen molar-refractivity contribution in [3.8, 4) is 22.4 Å². The number of fused-ring (bicyclic) bond motifs is 5. The number of aryl methyl sites for hydroxylation is 1. The van der Waals surface area contributed by atoms with Crippen molar-refractivity contribution < 1.29 is 4.42 Å². The van der Waals surface area contributed by atoms with E-state index in [0.29, 0.717) is 5.92 Å². The van der Waals surface area contributed by atoms with Crippen LogP contribution in [0.15, 0.2) is 174 Å². The zero-order valence-electron chi connectivity index (χ0n) is 30.8. The molecule has 0 fully saturated rings. The van der Waals surface area contributed by atoms with Crippen LogP contribution < -0.4 is 4.90 Å². The molecule has 56 heavy (non-hydrogen) atoms. The molecule has 4 aromatic heterocycles. The summed E-state index contributed by atoms with van der Waals surface area (Å²) in [6, 6.07) is 38.7. The third-order valence-corrected chi connectivity index (χ3v) is 12.6. The number of hydrogen-bond donors (Lipinski definition) is 0. The van der Waals surface area contributed by atoms with Gasteiger partial charge in [-0.05, 0) is 121 Å². The second-order valence-corrected chi connectivity index (χ2v) is 15.9. The molecular weight excluding hydrogens is 705 g/mol. The molecule has 3 aliphatic carbocycles. The van der Waals surface area contributed by atoms with Gasteiger partial charge < -0.3 is 13.7 Å². The summed E-state index contributed by atoms with van der Waals surface area (Å²) in [6.45, 7) is 0. The van der Waals surface area contributed by atoms with Crippen LogP contribution in [-0.2, 0) is 6.42 Å². The second kappa shape index (κ2) is 13.7. The number of aromatic nitrogens is 3. The van der Waals surface area contributed by atoms with Gasteiger partial charge in [0.15, 0.2) is 0 Å². The molecule has 0 unspecified atom stereocenters. The van der Waals surface area contributed by atoms with Crippen LogP contribution in [0.2, 0.25) is 0 Å². The van der Waals surface area contributed by atoms with Gasteiger partial charge in [-0.2, -0.15) is 0 Å². The topological polar surface area (TPSA) is 46.6 Å². The highest BCUT2D eigenvalue weighted by molar-refractivity contribution is 7.12. The van der Waals surface area contributed by atoms with Gasteiger partial charge in [-0.1, -0.05) is 85.0 Å². The number of thiazole rings is 1. The number of hydrogen-bond acceptors (Lipinski definition) is 5. The summed E-state index contributed by atoms with van der Waals surface area (Å²) in [5, 5.41) is 3.53. The molecule has 0 aliphatic heterocycles. The van der Waals surface area contributed by atoms with Crippen LogP contribution in [0.3, 0.4) is 0 Å². The molecular formula is C50H38N4OS. The van der Waals surface area contributed by atoms with Crippen molar-refractivity contribution >= 4 is 56.3 Å². The van der Waals surface area contributed by atoms with Crippen LogP contribution in [0.4, 0.5) is 5.69 Å². The minimum atomic E-state index is 0.298. The highest BCUT2D eigenvalue weighted by Crippen LogP contribution is 2.40. The maximum Gasteiger partial charge on any atom is 0.137 e. The van der Waals surface area contributed by atoms with Crippen LogP contribution in [0.5, 0.6) is 0 Å². The van der Waals surface area contributed by atoms with Gasteiger partial charge in [-0.15, -0.1) is 11.3 Å². The Hall–Kier alpha value is -6.50. The minimum absolute atomic E-state index is 0.298. The van der Waals surface area contributed by atoms with Gasteiger partial charge in [0.05, 0.1) is 16.3 Å². The van der Waals surface area contributed by atoms with Gasteiger partial charge in [0.2, 0.25) is 0 Å².